The highest BCUT2D eigenvalue weighted by Gasteiger charge is 2.34. The van der Waals surface area contributed by atoms with Crippen LogP contribution in [0.2, 0.25) is 0 Å². The van der Waals surface area contributed by atoms with Crippen LogP contribution in [0.15, 0.2) is 6.20 Å². The Morgan fingerprint density at radius 1 is 0.955 bits per heavy atom. The molecule has 0 aliphatic heterocycles. The Kier molecular flexibility index (Phi) is 5.18. The predicted octanol–water partition coefficient (Wildman–Crippen LogP) is 4.54. The van der Waals surface area contributed by atoms with Crippen molar-refractivity contribution in [3.63, 3.8) is 0 Å². The molecule has 0 unspecified atom stereocenters. The van der Waals surface area contributed by atoms with Gasteiger partial charge in [0, 0.05) is 18.2 Å². The predicted molar refractivity (Wildman–Crippen MR) is 92.1 cm³/mol. The van der Waals surface area contributed by atoms with Crippen LogP contribution >= 0.6 is 0 Å². The quantitative estimate of drug-likeness (QED) is 0.801. The molecule has 1 heterocycles. The van der Waals surface area contributed by atoms with Crippen molar-refractivity contribution in [2.75, 3.05) is 6.61 Å². The molecular weight excluding hydrogens is 274 g/mol. The second kappa shape index (κ2) is 5.95. The first-order valence-electron chi connectivity index (χ1n) is 8.24. The number of rotatable bonds is 5. The lowest BCUT2D eigenvalue weighted by molar-refractivity contribution is -0.0964. The topological polar surface area (TPSA) is 39.9 Å². The highest BCUT2D eigenvalue weighted by Crippen LogP contribution is 2.33. The highest BCUT2D eigenvalue weighted by atomic mass is 16.5. The molecule has 0 bridgehead atoms. The Balaban J connectivity index is 2.71. The van der Waals surface area contributed by atoms with Gasteiger partial charge in [0.05, 0.1) is 16.8 Å². The summed E-state index contributed by atoms with van der Waals surface area (Å²) in [6.07, 6.45) is 2.97. The Hall–Kier alpha value is -0.900. The summed E-state index contributed by atoms with van der Waals surface area (Å²) in [5.74, 6) is 0. The van der Waals surface area contributed by atoms with Crippen LogP contribution in [0, 0.1) is 5.41 Å². The largest absolute Gasteiger partial charge is 0.375 e. The Morgan fingerprint density at radius 2 is 1.50 bits per heavy atom. The Labute approximate surface area is 136 Å². The van der Waals surface area contributed by atoms with Crippen LogP contribution in [0.25, 0.3) is 0 Å². The molecule has 0 N–H and O–H groups in total. The van der Waals surface area contributed by atoms with Gasteiger partial charge in [0.15, 0.2) is 0 Å². The van der Waals surface area contributed by atoms with Gasteiger partial charge in [-0.1, -0.05) is 46.8 Å². The maximum Gasteiger partial charge on any atom is 0.0880 e. The second-order valence-corrected chi connectivity index (χ2v) is 9.47. The number of ether oxygens (including phenoxy) is 1. The standard InChI is InChI=1S/C18H35N3O/c1-15(2,3)14-13-21(20-19-14)17(7,8)11-12-22-18(9,10)16(4,5)6/h13H,11-12H2,1-10H3. The third-order valence-corrected chi connectivity index (χ3v) is 4.86. The molecule has 128 valence electrons. The van der Waals surface area contributed by atoms with Crippen LogP contribution in [0.4, 0.5) is 0 Å². The lowest BCUT2D eigenvalue weighted by Crippen LogP contribution is -2.41. The van der Waals surface area contributed by atoms with Gasteiger partial charge in [-0.15, -0.1) is 5.10 Å². The zero-order valence-corrected chi connectivity index (χ0v) is 16.2. The number of hydrogen-bond donors (Lipinski definition) is 0. The average Bonchev–Trinajstić information content (AvgIpc) is 2.75. The zero-order valence-electron chi connectivity index (χ0n) is 16.2. The molecule has 0 aliphatic rings. The minimum atomic E-state index is -0.151. The van der Waals surface area contributed by atoms with Crippen molar-refractivity contribution in [3.05, 3.63) is 11.9 Å². The Bertz CT molecular complexity index is 487. The molecule has 1 aromatic rings. The number of hydrogen-bond acceptors (Lipinski definition) is 3. The number of aromatic nitrogens is 3. The SMILES string of the molecule is CC(C)(C)c1cn(C(C)(C)CCOC(C)(C)C(C)(C)C)nn1. The van der Waals surface area contributed by atoms with Crippen LogP contribution in [0.1, 0.15) is 81.4 Å². The summed E-state index contributed by atoms with van der Waals surface area (Å²) < 4.78 is 8.14. The summed E-state index contributed by atoms with van der Waals surface area (Å²) in [7, 11) is 0. The molecule has 0 aliphatic carbocycles. The van der Waals surface area contributed by atoms with Crippen molar-refractivity contribution in [1.82, 2.24) is 15.0 Å². The lowest BCUT2D eigenvalue weighted by Gasteiger charge is -2.39. The van der Waals surface area contributed by atoms with Crippen LogP contribution in [0.3, 0.4) is 0 Å². The summed E-state index contributed by atoms with van der Waals surface area (Å²) in [6.45, 7) is 22.5. The molecule has 1 rings (SSSR count). The van der Waals surface area contributed by atoms with Gasteiger partial charge in [-0.3, -0.25) is 0 Å². The number of nitrogens with zero attached hydrogens (tertiary/aromatic N) is 3. The third kappa shape index (κ3) is 4.55. The molecule has 4 heteroatoms. The molecular formula is C18H35N3O. The fourth-order valence-electron chi connectivity index (χ4n) is 1.79. The van der Waals surface area contributed by atoms with Gasteiger partial charge in [0.1, 0.15) is 0 Å². The van der Waals surface area contributed by atoms with Gasteiger partial charge >= 0.3 is 0 Å². The molecule has 0 atom stereocenters. The summed E-state index contributed by atoms with van der Waals surface area (Å²) in [5.41, 5.74) is 0.909. The zero-order chi connectivity index (χ0) is 17.4. The highest BCUT2D eigenvalue weighted by molar-refractivity contribution is 5.07. The minimum absolute atomic E-state index is 0.0268. The van der Waals surface area contributed by atoms with E-state index in [2.05, 4.69) is 85.7 Å². The fourth-order valence-corrected chi connectivity index (χ4v) is 1.79. The summed E-state index contributed by atoms with van der Waals surface area (Å²) in [6, 6.07) is 0. The summed E-state index contributed by atoms with van der Waals surface area (Å²) in [4.78, 5) is 0. The molecule has 0 radical (unpaired) electrons. The fraction of sp³-hybridized carbons (Fsp3) is 0.889. The average molecular weight is 309 g/mol. The molecule has 1 aromatic heterocycles. The molecule has 22 heavy (non-hydrogen) atoms. The van der Waals surface area contributed by atoms with E-state index in [1.807, 2.05) is 4.68 Å². The van der Waals surface area contributed by atoms with Gasteiger partial charge in [0.2, 0.25) is 0 Å². The Morgan fingerprint density at radius 3 is 1.91 bits per heavy atom. The minimum Gasteiger partial charge on any atom is -0.375 e. The van der Waals surface area contributed by atoms with E-state index in [0.717, 1.165) is 12.1 Å². The smallest absolute Gasteiger partial charge is 0.0880 e. The second-order valence-electron chi connectivity index (χ2n) is 9.47. The molecule has 0 aromatic carbocycles. The first kappa shape index (κ1) is 19.1. The van der Waals surface area contributed by atoms with Gasteiger partial charge in [0.25, 0.3) is 0 Å². The van der Waals surface area contributed by atoms with Crippen molar-refractivity contribution in [3.8, 4) is 0 Å². The van der Waals surface area contributed by atoms with Gasteiger partial charge in [-0.05, 0) is 39.5 Å². The van der Waals surface area contributed by atoms with Crippen molar-refractivity contribution >= 4 is 0 Å². The van der Waals surface area contributed by atoms with E-state index in [0.29, 0.717) is 6.61 Å². The third-order valence-electron chi connectivity index (χ3n) is 4.86. The first-order chi connectivity index (χ1) is 9.67. The van der Waals surface area contributed by atoms with Gasteiger partial charge in [-0.25, -0.2) is 4.68 Å². The van der Waals surface area contributed by atoms with Gasteiger partial charge in [-0.2, -0.15) is 0 Å². The van der Waals surface area contributed by atoms with Crippen LogP contribution in [-0.2, 0) is 15.7 Å². The maximum atomic E-state index is 6.16. The van der Waals surface area contributed by atoms with E-state index in [1.165, 1.54) is 0 Å². The van der Waals surface area contributed by atoms with E-state index in [9.17, 15) is 0 Å². The van der Waals surface area contributed by atoms with E-state index in [-0.39, 0.29) is 22.0 Å². The van der Waals surface area contributed by atoms with E-state index in [1.54, 1.807) is 0 Å². The normalized spacial score (nSPS) is 14.5. The summed E-state index contributed by atoms with van der Waals surface area (Å²) >= 11 is 0. The molecule has 0 fully saturated rings. The molecule has 4 nitrogen and oxygen atoms in total. The van der Waals surface area contributed by atoms with Crippen LogP contribution in [-0.4, -0.2) is 27.2 Å². The molecule has 0 saturated carbocycles. The first-order valence-corrected chi connectivity index (χ1v) is 8.24. The summed E-state index contributed by atoms with van der Waals surface area (Å²) in [5, 5.41) is 8.65. The van der Waals surface area contributed by atoms with Crippen molar-refractivity contribution < 1.29 is 4.74 Å². The molecule has 0 amide bonds. The van der Waals surface area contributed by atoms with Crippen molar-refractivity contribution in [2.45, 2.75) is 92.2 Å². The van der Waals surface area contributed by atoms with E-state index in [4.69, 9.17) is 4.74 Å². The maximum absolute atomic E-state index is 6.16. The van der Waals surface area contributed by atoms with Crippen molar-refractivity contribution in [2.24, 2.45) is 5.41 Å². The molecule has 0 spiro atoms. The van der Waals surface area contributed by atoms with E-state index >= 15 is 0 Å². The van der Waals surface area contributed by atoms with Crippen molar-refractivity contribution in [1.29, 1.82) is 0 Å². The van der Waals surface area contributed by atoms with Crippen LogP contribution < -0.4 is 0 Å². The van der Waals surface area contributed by atoms with Gasteiger partial charge < -0.3 is 4.74 Å². The van der Waals surface area contributed by atoms with Crippen LogP contribution in [0.5, 0.6) is 0 Å². The van der Waals surface area contributed by atoms with E-state index < -0.39 is 0 Å². The lowest BCUT2D eigenvalue weighted by atomic mass is 9.79. The monoisotopic (exact) mass is 309 g/mol. The molecule has 0 saturated heterocycles.